The normalized spacial score (nSPS) is 10.9. The number of hydrogen-bond acceptors (Lipinski definition) is 6. The summed E-state index contributed by atoms with van der Waals surface area (Å²) in [4.78, 5) is 12.2. The van der Waals surface area contributed by atoms with Gasteiger partial charge in [0.1, 0.15) is 5.75 Å². The lowest BCUT2D eigenvalue weighted by Gasteiger charge is -2.08. The molecule has 0 unspecified atom stereocenters. The van der Waals surface area contributed by atoms with Crippen molar-refractivity contribution in [2.45, 2.75) is 11.7 Å². The van der Waals surface area contributed by atoms with E-state index in [1.165, 1.54) is 11.8 Å². The largest absolute Gasteiger partial charge is 0.496 e. The van der Waals surface area contributed by atoms with Crippen molar-refractivity contribution < 1.29 is 9.53 Å². The van der Waals surface area contributed by atoms with Gasteiger partial charge in [-0.3, -0.25) is 4.79 Å². The molecule has 4 aromatic rings. The fourth-order valence-electron chi connectivity index (χ4n) is 2.84. The first-order valence-electron chi connectivity index (χ1n) is 9.14. The Morgan fingerprint density at radius 1 is 1.10 bits per heavy atom. The standard InChI is InChI=1S/C21H18ClN5O2S/c1-29-18-5-3-2-4-16(18)17-10-11-19-24-25-21(27(19)26-17)30-13-20(28)23-12-14-6-8-15(22)9-7-14/h2-11H,12-13H2,1H3,(H,23,28). The van der Waals surface area contributed by atoms with Crippen molar-refractivity contribution in [2.24, 2.45) is 0 Å². The van der Waals surface area contributed by atoms with Gasteiger partial charge in [0, 0.05) is 17.1 Å². The highest BCUT2D eigenvalue weighted by molar-refractivity contribution is 7.99. The van der Waals surface area contributed by atoms with E-state index in [1.54, 1.807) is 23.8 Å². The molecule has 0 spiro atoms. The van der Waals surface area contributed by atoms with Crippen LogP contribution in [0.2, 0.25) is 5.02 Å². The van der Waals surface area contributed by atoms with Gasteiger partial charge >= 0.3 is 0 Å². The van der Waals surface area contributed by atoms with Crippen LogP contribution in [-0.4, -0.2) is 38.6 Å². The molecular formula is C21H18ClN5O2S. The van der Waals surface area contributed by atoms with Crippen LogP contribution in [0.4, 0.5) is 0 Å². The maximum Gasteiger partial charge on any atom is 0.230 e. The molecule has 1 amide bonds. The number of ether oxygens (including phenoxy) is 1. The van der Waals surface area contributed by atoms with Gasteiger partial charge < -0.3 is 10.1 Å². The summed E-state index contributed by atoms with van der Waals surface area (Å²) in [5, 5.41) is 17.0. The second-order valence-electron chi connectivity index (χ2n) is 6.36. The average molecular weight is 440 g/mol. The summed E-state index contributed by atoms with van der Waals surface area (Å²) in [5.74, 6) is 0.829. The van der Waals surface area contributed by atoms with E-state index < -0.39 is 0 Å². The summed E-state index contributed by atoms with van der Waals surface area (Å²) in [7, 11) is 1.63. The van der Waals surface area contributed by atoms with Crippen molar-refractivity contribution in [2.75, 3.05) is 12.9 Å². The minimum Gasteiger partial charge on any atom is -0.496 e. The van der Waals surface area contributed by atoms with Crippen LogP contribution in [0, 0.1) is 0 Å². The molecule has 2 heterocycles. The minimum atomic E-state index is -0.104. The molecule has 0 saturated carbocycles. The smallest absolute Gasteiger partial charge is 0.230 e. The highest BCUT2D eigenvalue weighted by atomic mass is 35.5. The average Bonchev–Trinajstić information content (AvgIpc) is 3.19. The van der Waals surface area contributed by atoms with Crippen LogP contribution in [0.1, 0.15) is 5.56 Å². The number of benzene rings is 2. The van der Waals surface area contributed by atoms with Crippen molar-refractivity contribution >= 4 is 34.9 Å². The van der Waals surface area contributed by atoms with Gasteiger partial charge in [-0.15, -0.1) is 10.2 Å². The predicted molar refractivity (Wildman–Crippen MR) is 117 cm³/mol. The summed E-state index contributed by atoms with van der Waals surface area (Å²) >= 11 is 7.16. The predicted octanol–water partition coefficient (Wildman–Crippen LogP) is 3.86. The Morgan fingerprint density at radius 3 is 2.70 bits per heavy atom. The van der Waals surface area contributed by atoms with Crippen LogP contribution in [0.25, 0.3) is 16.9 Å². The van der Waals surface area contributed by atoms with E-state index in [0.29, 0.717) is 22.4 Å². The highest BCUT2D eigenvalue weighted by Gasteiger charge is 2.13. The molecular weight excluding hydrogens is 422 g/mol. The maximum absolute atomic E-state index is 12.2. The molecule has 30 heavy (non-hydrogen) atoms. The van der Waals surface area contributed by atoms with Crippen molar-refractivity contribution in [3.8, 4) is 17.0 Å². The number of carbonyl (C=O) groups excluding carboxylic acids is 1. The number of nitrogens with zero attached hydrogens (tertiary/aromatic N) is 4. The molecule has 0 aliphatic carbocycles. The Balaban J connectivity index is 1.45. The molecule has 2 aromatic heterocycles. The Bertz CT molecular complexity index is 1180. The van der Waals surface area contributed by atoms with Crippen LogP contribution in [0.5, 0.6) is 5.75 Å². The van der Waals surface area contributed by atoms with Gasteiger partial charge in [-0.2, -0.15) is 9.61 Å². The van der Waals surface area contributed by atoms with Gasteiger partial charge in [-0.25, -0.2) is 0 Å². The molecule has 2 aromatic carbocycles. The molecule has 7 nitrogen and oxygen atoms in total. The minimum absolute atomic E-state index is 0.104. The first-order chi connectivity index (χ1) is 14.6. The fourth-order valence-corrected chi connectivity index (χ4v) is 3.69. The molecule has 0 saturated heterocycles. The summed E-state index contributed by atoms with van der Waals surface area (Å²) in [6.07, 6.45) is 0. The van der Waals surface area contributed by atoms with E-state index in [4.69, 9.17) is 16.3 Å². The van der Waals surface area contributed by atoms with Crippen molar-refractivity contribution in [1.29, 1.82) is 0 Å². The number of nitrogens with one attached hydrogen (secondary N) is 1. The third-order valence-corrected chi connectivity index (χ3v) is 5.52. The maximum atomic E-state index is 12.2. The number of aromatic nitrogens is 4. The van der Waals surface area contributed by atoms with E-state index in [9.17, 15) is 4.79 Å². The Hall–Kier alpha value is -3.10. The Kier molecular flexibility index (Phi) is 6.15. The van der Waals surface area contributed by atoms with Gasteiger partial charge in [-0.1, -0.05) is 47.6 Å². The summed E-state index contributed by atoms with van der Waals surface area (Å²) < 4.78 is 7.06. The van der Waals surface area contributed by atoms with E-state index >= 15 is 0 Å². The van der Waals surface area contributed by atoms with Crippen LogP contribution in [0.15, 0.2) is 65.8 Å². The van der Waals surface area contributed by atoms with Gasteiger partial charge in [0.2, 0.25) is 11.1 Å². The van der Waals surface area contributed by atoms with E-state index in [1.807, 2.05) is 48.5 Å². The Labute approximate surface area is 182 Å². The summed E-state index contributed by atoms with van der Waals surface area (Å²) in [5.41, 5.74) is 3.19. The lowest BCUT2D eigenvalue weighted by atomic mass is 10.1. The van der Waals surface area contributed by atoms with Crippen LogP contribution in [-0.2, 0) is 11.3 Å². The quantitative estimate of drug-likeness (QED) is 0.440. The van der Waals surface area contributed by atoms with Crippen molar-refractivity contribution in [1.82, 2.24) is 25.1 Å². The van der Waals surface area contributed by atoms with Crippen LogP contribution < -0.4 is 10.1 Å². The lowest BCUT2D eigenvalue weighted by Crippen LogP contribution is -2.24. The third kappa shape index (κ3) is 4.55. The first kappa shape index (κ1) is 20.2. The highest BCUT2D eigenvalue weighted by Crippen LogP contribution is 2.28. The SMILES string of the molecule is COc1ccccc1-c1ccc2nnc(SCC(=O)NCc3ccc(Cl)cc3)n2n1. The number of thioether (sulfide) groups is 1. The number of rotatable bonds is 7. The van der Waals surface area contributed by atoms with Gasteiger partial charge in [0.15, 0.2) is 5.65 Å². The number of para-hydroxylation sites is 1. The van der Waals surface area contributed by atoms with Crippen LogP contribution >= 0.6 is 23.4 Å². The number of amides is 1. The fraction of sp³-hybridized carbons (Fsp3) is 0.143. The van der Waals surface area contributed by atoms with E-state index in [-0.39, 0.29) is 11.7 Å². The second-order valence-corrected chi connectivity index (χ2v) is 7.74. The van der Waals surface area contributed by atoms with Gasteiger partial charge in [-0.05, 0) is 42.0 Å². The molecule has 4 rings (SSSR count). The number of carbonyl (C=O) groups is 1. The zero-order chi connectivity index (χ0) is 20.9. The zero-order valence-corrected chi connectivity index (χ0v) is 17.7. The number of fused-ring (bicyclic) bond motifs is 1. The molecule has 0 fully saturated rings. The first-order valence-corrected chi connectivity index (χ1v) is 10.5. The van der Waals surface area contributed by atoms with Gasteiger partial charge in [0.05, 0.1) is 18.6 Å². The zero-order valence-electron chi connectivity index (χ0n) is 16.1. The molecule has 0 aliphatic heterocycles. The van der Waals surface area contributed by atoms with E-state index in [0.717, 1.165) is 22.6 Å². The number of hydrogen-bond donors (Lipinski definition) is 1. The monoisotopic (exact) mass is 439 g/mol. The van der Waals surface area contributed by atoms with Crippen molar-refractivity contribution in [3.63, 3.8) is 0 Å². The van der Waals surface area contributed by atoms with Crippen LogP contribution in [0.3, 0.4) is 0 Å². The lowest BCUT2D eigenvalue weighted by molar-refractivity contribution is -0.118. The molecule has 0 bridgehead atoms. The molecule has 152 valence electrons. The number of halogens is 1. The third-order valence-electron chi connectivity index (χ3n) is 4.35. The summed E-state index contributed by atoms with van der Waals surface area (Å²) in [6, 6.07) is 18.7. The molecule has 0 atom stereocenters. The topological polar surface area (TPSA) is 81.4 Å². The number of methoxy groups -OCH3 is 1. The summed E-state index contributed by atoms with van der Waals surface area (Å²) in [6.45, 7) is 0.438. The molecule has 1 N–H and O–H groups in total. The molecule has 0 radical (unpaired) electrons. The second kappa shape index (κ2) is 9.15. The Morgan fingerprint density at radius 2 is 1.90 bits per heavy atom. The molecule has 9 heteroatoms. The van der Waals surface area contributed by atoms with E-state index in [2.05, 4.69) is 20.6 Å². The van der Waals surface area contributed by atoms with Gasteiger partial charge in [0.25, 0.3) is 0 Å². The molecule has 0 aliphatic rings. The van der Waals surface area contributed by atoms with Crippen molar-refractivity contribution in [3.05, 3.63) is 71.2 Å².